The summed E-state index contributed by atoms with van der Waals surface area (Å²) in [4.78, 5) is 15.9. The molecule has 2 heterocycles. The van der Waals surface area contributed by atoms with E-state index >= 15 is 0 Å². The molecular weight excluding hydrogens is 340 g/mol. The third-order valence-corrected chi connectivity index (χ3v) is 6.22. The Labute approximate surface area is 146 Å². The van der Waals surface area contributed by atoms with Gasteiger partial charge >= 0.3 is 0 Å². The third-order valence-electron chi connectivity index (χ3n) is 4.31. The van der Waals surface area contributed by atoms with Crippen LogP contribution in [0, 0.1) is 18.3 Å². The molecule has 0 aliphatic carbocycles. The first-order valence-corrected chi connectivity index (χ1v) is 9.37. The minimum Gasteiger partial charge on any atom is -0.351 e. The first-order valence-electron chi connectivity index (χ1n) is 7.93. The van der Waals surface area contributed by atoms with E-state index in [0.29, 0.717) is 18.4 Å². The van der Waals surface area contributed by atoms with Gasteiger partial charge in [-0.05, 0) is 25.0 Å². The second-order valence-corrected chi connectivity index (χ2v) is 7.97. The number of nitriles is 1. The summed E-state index contributed by atoms with van der Waals surface area (Å²) < 4.78 is 27.6. The van der Waals surface area contributed by atoms with Crippen molar-refractivity contribution in [1.82, 2.24) is 14.6 Å². The fraction of sp³-hybridized carbons (Fsp3) is 0.353. The van der Waals surface area contributed by atoms with Gasteiger partial charge in [0.2, 0.25) is 15.9 Å². The van der Waals surface area contributed by atoms with E-state index in [0.717, 1.165) is 10.9 Å². The number of fused-ring (bicyclic) bond motifs is 1. The van der Waals surface area contributed by atoms with Crippen LogP contribution in [-0.2, 0) is 14.8 Å². The Morgan fingerprint density at radius 2 is 2.24 bits per heavy atom. The van der Waals surface area contributed by atoms with Crippen LogP contribution in [0.15, 0.2) is 35.5 Å². The number of hydrogen-bond donors (Lipinski definition) is 1. The molecule has 0 spiro atoms. The van der Waals surface area contributed by atoms with Gasteiger partial charge in [0, 0.05) is 42.3 Å². The number of nitrogens with zero attached hydrogens (tertiary/aromatic N) is 3. The van der Waals surface area contributed by atoms with Crippen LogP contribution >= 0.6 is 0 Å². The maximum atomic E-state index is 13.1. The molecule has 8 heteroatoms. The monoisotopic (exact) mass is 358 g/mol. The number of aryl methyl sites for hydroxylation is 1. The number of aromatic nitrogens is 1. The van der Waals surface area contributed by atoms with Gasteiger partial charge in [-0.1, -0.05) is 12.1 Å². The Morgan fingerprint density at radius 1 is 1.44 bits per heavy atom. The highest BCUT2D eigenvalue weighted by Gasteiger charge is 2.34. The Morgan fingerprint density at radius 3 is 3.00 bits per heavy atom. The fourth-order valence-electron chi connectivity index (χ4n) is 3.14. The second-order valence-electron chi connectivity index (χ2n) is 6.06. The van der Waals surface area contributed by atoms with E-state index in [2.05, 4.69) is 10.3 Å². The van der Waals surface area contributed by atoms with Crippen LogP contribution in [0.2, 0.25) is 0 Å². The van der Waals surface area contributed by atoms with Gasteiger partial charge in [-0.2, -0.15) is 9.57 Å². The highest BCUT2D eigenvalue weighted by molar-refractivity contribution is 7.89. The first kappa shape index (κ1) is 17.3. The van der Waals surface area contributed by atoms with Crippen LogP contribution in [0.3, 0.4) is 0 Å². The Hall–Kier alpha value is -2.50. The molecule has 1 aromatic heterocycles. The molecule has 0 saturated carbocycles. The number of carbonyl (C=O) groups is 1. The van der Waals surface area contributed by atoms with Crippen molar-refractivity contribution in [1.29, 1.82) is 5.26 Å². The zero-order chi connectivity index (χ0) is 18.0. The topological polar surface area (TPSA) is 103 Å². The summed E-state index contributed by atoms with van der Waals surface area (Å²) in [5.41, 5.74) is 0.801. The van der Waals surface area contributed by atoms with E-state index in [1.807, 2.05) is 13.0 Å². The smallest absolute Gasteiger partial charge is 0.243 e. The van der Waals surface area contributed by atoms with Gasteiger partial charge in [0.1, 0.15) is 6.42 Å². The van der Waals surface area contributed by atoms with Crippen molar-refractivity contribution >= 4 is 26.7 Å². The lowest BCUT2D eigenvalue weighted by atomic mass is 10.1. The van der Waals surface area contributed by atoms with Gasteiger partial charge in [-0.15, -0.1) is 0 Å². The highest BCUT2D eigenvalue weighted by Crippen LogP contribution is 2.29. The summed E-state index contributed by atoms with van der Waals surface area (Å²) in [6, 6.07) is 6.66. The van der Waals surface area contributed by atoms with E-state index in [4.69, 9.17) is 5.26 Å². The predicted octanol–water partition coefficient (Wildman–Crippen LogP) is 1.34. The molecule has 0 radical (unpaired) electrons. The van der Waals surface area contributed by atoms with Crippen molar-refractivity contribution < 1.29 is 13.2 Å². The molecule has 1 amide bonds. The van der Waals surface area contributed by atoms with Crippen molar-refractivity contribution in [3.05, 3.63) is 36.2 Å². The molecule has 0 unspecified atom stereocenters. The van der Waals surface area contributed by atoms with Gasteiger partial charge < -0.3 is 5.32 Å². The minimum atomic E-state index is -3.68. The van der Waals surface area contributed by atoms with Gasteiger partial charge in [-0.3, -0.25) is 9.78 Å². The summed E-state index contributed by atoms with van der Waals surface area (Å²) in [5, 5.41) is 12.7. The quantitative estimate of drug-likeness (QED) is 0.888. The van der Waals surface area contributed by atoms with Crippen molar-refractivity contribution in [3.8, 4) is 6.07 Å². The average Bonchev–Trinajstić information content (AvgIpc) is 3.04. The van der Waals surface area contributed by atoms with Crippen LogP contribution in [-0.4, -0.2) is 42.7 Å². The average molecular weight is 358 g/mol. The molecule has 3 rings (SSSR count). The molecule has 2 aromatic rings. The fourth-order valence-corrected chi connectivity index (χ4v) is 4.93. The van der Waals surface area contributed by atoms with Crippen LogP contribution in [0.4, 0.5) is 0 Å². The zero-order valence-corrected chi connectivity index (χ0v) is 14.6. The maximum Gasteiger partial charge on any atom is 0.243 e. The van der Waals surface area contributed by atoms with Crippen molar-refractivity contribution in [3.63, 3.8) is 0 Å². The van der Waals surface area contributed by atoms with Crippen LogP contribution < -0.4 is 5.32 Å². The van der Waals surface area contributed by atoms with E-state index in [1.165, 1.54) is 4.31 Å². The van der Waals surface area contributed by atoms with E-state index in [1.54, 1.807) is 30.6 Å². The number of amides is 1. The Kier molecular flexibility index (Phi) is 4.70. The molecule has 0 bridgehead atoms. The van der Waals surface area contributed by atoms with Crippen LogP contribution in [0.25, 0.3) is 10.8 Å². The summed E-state index contributed by atoms with van der Waals surface area (Å²) >= 11 is 0. The number of hydrogen-bond acceptors (Lipinski definition) is 5. The molecule has 130 valence electrons. The maximum absolute atomic E-state index is 13.1. The largest absolute Gasteiger partial charge is 0.351 e. The molecule has 1 aliphatic heterocycles. The molecular formula is C17H18N4O3S. The molecule has 1 fully saturated rings. The molecule has 1 atom stereocenters. The van der Waals surface area contributed by atoms with Gasteiger partial charge in [0.15, 0.2) is 0 Å². The van der Waals surface area contributed by atoms with Gasteiger partial charge in [0.05, 0.1) is 11.0 Å². The lowest BCUT2D eigenvalue weighted by Crippen LogP contribution is -2.38. The van der Waals surface area contributed by atoms with Crippen LogP contribution in [0.5, 0.6) is 0 Å². The number of sulfonamides is 1. The van der Waals surface area contributed by atoms with Crippen molar-refractivity contribution in [2.75, 3.05) is 13.1 Å². The van der Waals surface area contributed by atoms with Gasteiger partial charge in [-0.25, -0.2) is 8.42 Å². The van der Waals surface area contributed by atoms with Crippen molar-refractivity contribution in [2.24, 2.45) is 0 Å². The number of benzene rings is 1. The van der Waals surface area contributed by atoms with E-state index < -0.39 is 10.0 Å². The number of pyridine rings is 1. The second kappa shape index (κ2) is 6.78. The lowest BCUT2D eigenvalue weighted by molar-refractivity contribution is -0.120. The summed E-state index contributed by atoms with van der Waals surface area (Å²) in [5.74, 6) is -0.376. The number of rotatable bonds is 4. The molecule has 1 aromatic carbocycles. The standard InChI is InChI=1S/C17H18N4O3S/c1-12-9-19-10-13-3-2-4-15(17(12)13)25(23,24)21-8-6-14(11-21)20-16(22)5-7-18/h2-4,9-10,14H,5-6,8,11H2,1H3,(H,20,22)/t14-/m0/s1. The Balaban J connectivity index is 1.89. The first-order chi connectivity index (χ1) is 11.9. The number of carbonyl (C=O) groups excluding carboxylic acids is 1. The molecule has 1 N–H and O–H groups in total. The molecule has 1 aliphatic rings. The normalized spacial score (nSPS) is 18.2. The van der Waals surface area contributed by atoms with E-state index in [9.17, 15) is 13.2 Å². The SMILES string of the molecule is Cc1cncc2cccc(S(=O)(=O)N3CC[C@H](NC(=O)CC#N)C3)c12. The van der Waals surface area contributed by atoms with Crippen molar-refractivity contribution in [2.45, 2.75) is 30.7 Å². The molecule has 25 heavy (non-hydrogen) atoms. The summed E-state index contributed by atoms with van der Waals surface area (Å²) in [6.07, 6.45) is 3.60. The van der Waals surface area contributed by atoms with Crippen LogP contribution in [0.1, 0.15) is 18.4 Å². The van der Waals surface area contributed by atoms with E-state index in [-0.39, 0.29) is 29.8 Å². The highest BCUT2D eigenvalue weighted by atomic mass is 32.2. The summed E-state index contributed by atoms with van der Waals surface area (Å²) in [6.45, 7) is 2.38. The predicted molar refractivity (Wildman–Crippen MR) is 92.0 cm³/mol. The minimum absolute atomic E-state index is 0.208. The summed E-state index contributed by atoms with van der Waals surface area (Å²) in [7, 11) is -3.68. The molecule has 7 nitrogen and oxygen atoms in total. The number of nitrogens with one attached hydrogen (secondary N) is 1. The zero-order valence-electron chi connectivity index (χ0n) is 13.8. The third kappa shape index (κ3) is 3.34. The lowest BCUT2D eigenvalue weighted by Gasteiger charge is -2.19. The molecule has 1 saturated heterocycles. The van der Waals surface area contributed by atoms with Gasteiger partial charge in [0.25, 0.3) is 0 Å². The Bertz CT molecular complexity index is 960.